The molecule has 108 valence electrons. The smallest absolute Gasteiger partial charge is 0.231 e. The van der Waals surface area contributed by atoms with E-state index in [0.29, 0.717) is 24.9 Å². The van der Waals surface area contributed by atoms with Crippen LogP contribution in [0.3, 0.4) is 0 Å². The Morgan fingerprint density at radius 3 is 2.65 bits per heavy atom. The Morgan fingerprint density at radius 1 is 1.15 bits per heavy atom. The molecule has 3 aliphatic rings. The zero-order chi connectivity index (χ0) is 13.5. The third-order valence-corrected chi connectivity index (χ3v) is 4.88. The monoisotopic (exact) mass is 274 g/mol. The van der Waals surface area contributed by atoms with Crippen molar-refractivity contribution >= 4 is 5.69 Å². The maximum absolute atomic E-state index is 5.52. The van der Waals surface area contributed by atoms with Gasteiger partial charge in [-0.05, 0) is 44.4 Å². The van der Waals surface area contributed by atoms with Gasteiger partial charge in [-0.1, -0.05) is 6.92 Å². The molecule has 20 heavy (non-hydrogen) atoms. The lowest BCUT2D eigenvalue weighted by molar-refractivity contribution is 0.174. The van der Waals surface area contributed by atoms with Gasteiger partial charge in [0.25, 0.3) is 0 Å². The summed E-state index contributed by atoms with van der Waals surface area (Å²) in [5, 5.41) is 3.63. The van der Waals surface area contributed by atoms with E-state index < -0.39 is 0 Å². The van der Waals surface area contributed by atoms with E-state index in [1.807, 2.05) is 6.07 Å². The molecule has 2 bridgehead atoms. The van der Waals surface area contributed by atoms with Crippen LogP contribution in [-0.2, 0) is 0 Å². The number of fused-ring (bicyclic) bond motifs is 3. The molecule has 3 aliphatic heterocycles. The fraction of sp³-hybridized carbons (Fsp3) is 0.625. The summed E-state index contributed by atoms with van der Waals surface area (Å²) >= 11 is 0. The minimum absolute atomic E-state index is 0.355. The van der Waals surface area contributed by atoms with Crippen molar-refractivity contribution < 1.29 is 9.47 Å². The molecule has 0 amide bonds. The fourth-order valence-corrected chi connectivity index (χ4v) is 4.10. The van der Waals surface area contributed by atoms with Crippen LogP contribution in [0.4, 0.5) is 5.69 Å². The van der Waals surface area contributed by atoms with Crippen molar-refractivity contribution in [3.05, 3.63) is 18.2 Å². The first-order valence-electron chi connectivity index (χ1n) is 7.76. The molecule has 1 aromatic carbocycles. The number of piperidine rings is 1. The first kappa shape index (κ1) is 12.3. The topological polar surface area (TPSA) is 33.7 Å². The van der Waals surface area contributed by atoms with Crippen LogP contribution in [0.1, 0.15) is 32.6 Å². The SMILES string of the molecule is CCNC1CC2CCC(C1)N2c1ccc2c(c1)OCO2. The van der Waals surface area contributed by atoms with Gasteiger partial charge in [-0.25, -0.2) is 0 Å². The maximum atomic E-state index is 5.52. The molecular weight excluding hydrogens is 252 g/mol. The molecule has 0 saturated carbocycles. The van der Waals surface area contributed by atoms with E-state index in [1.165, 1.54) is 31.4 Å². The molecule has 4 rings (SSSR count). The van der Waals surface area contributed by atoms with Crippen LogP contribution < -0.4 is 19.7 Å². The van der Waals surface area contributed by atoms with Crippen LogP contribution >= 0.6 is 0 Å². The number of rotatable bonds is 3. The number of anilines is 1. The molecule has 1 aromatic rings. The van der Waals surface area contributed by atoms with E-state index in [0.717, 1.165) is 18.0 Å². The molecule has 2 atom stereocenters. The van der Waals surface area contributed by atoms with E-state index >= 15 is 0 Å². The maximum Gasteiger partial charge on any atom is 0.231 e. The van der Waals surface area contributed by atoms with Gasteiger partial charge in [-0.2, -0.15) is 0 Å². The summed E-state index contributed by atoms with van der Waals surface area (Å²) in [6.45, 7) is 3.63. The molecule has 0 aliphatic carbocycles. The second kappa shape index (κ2) is 4.85. The van der Waals surface area contributed by atoms with Crippen LogP contribution in [-0.4, -0.2) is 31.5 Å². The summed E-state index contributed by atoms with van der Waals surface area (Å²) in [5.41, 5.74) is 1.30. The molecule has 4 heteroatoms. The lowest BCUT2D eigenvalue weighted by Crippen LogP contribution is -2.49. The van der Waals surface area contributed by atoms with E-state index in [4.69, 9.17) is 9.47 Å². The molecule has 3 heterocycles. The summed E-state index contributed by atoms with van der Waals surface area (Å²) in [5.74, 6) is 1.78. The lowest BCUT2D eigenvalue weighted by atomic mass is 9.96. The van der Waals surface area contributed by atoms with Gasteiger partial charge in [0, 0.05) is 29.9 Å². The van der Waals surface area contributed by atoms with Crippen molar-refractivity contribution in [2.75, 3.05) is 18.2 Å². The Bertz CT molecular complexity index is 491. The molecule has 2 unspecified atom stereocenters. The quantitative estimate of drug-likeness (QED) is 0.918. The summed E-state index contributed by atoms with van der Waals surface area (Å²) in [6.07, 6.45) is 5.17. The Hall–Kier alpha value is -1.42. The number of ether oxygens (including phenoxy) is 2. The van der Waals surface area contributed by atoms with Gasteiger partial charge in [0.05, 0.1) is 0 Å². The van der Waals surface area contributed by atoms with Gasteiger partial charge in [0.15, 0.2) is 11.5 Å². The van der Waals surface area contributed by atoms with Crippen LogP contribution in [0.2, 0.25) is 0 Å². The predicted octanol–water partition coefficient (Wildman–Crippen LogP) is 2.52. The van der Waals surface area contributed by atoms with Crippen LogP contribution in [0.5, 0.6) is 11.5 Å². The average molecular weight is 274 g/mol. The van der Waals surface area contributed by atoms with Crippen LogP contribution in [0, 0.1) is 0 Å². The van der Waals surface area contributed by atoms with Gasteiger partial charge >= 0.3 is 0 Å². The molecule has 4 nitrogen and oxygen atoms in total. The van der Waals surface area contributed by atoms with Crippen molar-refractivity contribution in [2.45, 2.75) is 50.7 Å². The lowest BCUT2D eigenvalue weighted by Gasteiger charge is -2.41. The molecule has 0 spiro atoms. The van der Waals surface area contributed by atoms with Gasteiger partial charge in [0.2, 0.25) is 6.79 Å². The highest BCUT2D eigenvalue weighted by Crippen LogP contribution is 2.43. The van der Waals surface area contributed by atoms with Crippen molar-refractivity contribution in [3.8, 4) is 11.5 Å². The van der Waals surface area contributed by atoms with E-state index in [-0.39, 0.29) is 0 Å². The van der Waals surface area contributed by atoms with Gasteiger partial charge in [-0.3, -0.25) is 0 Å². The first-order valence-corrected chi connectivity index (χ1v) is 7.76. The molecule has 2 saturated heterocycles. The predicted molar refractivity (Wildman–Crippen MR) is 78.6 cm³/mol. The van der Waals surface area contributed by atoms with Crippen molar-refractivity contribution in [3.63, 3.8) is 0 Å². The Balaban J connectivity index is 1.57. The van der Waals surface area contributed by atoms with Crippen molar-refractivity contribution in [1.82, 2.24) is 5.32 Å². The van der Waals surface area contributed by atoms with E-state index in [9.17, 15) is 0 Å². The van der Waals surface area contributed by atoms with Crippen molar-refractivity contribution in [1.29, 1.82) is 0 Å². The van der Waals surface area contributed by atoms with Gasteiger partial charge in [0.1, 0.15) is 0 Å². The first-order chi connectivity index (χ1) is 9.85. The Labute approximate surface area is 120 Å². The number of hydrogen-bond donors (Lipinski definition) is 1. The Kier molecular flexibility index (Phi) is 2.99. The third-order valence-electron chi connectivity index (χ3n) is 4.88. The van der Waals surface area contributed by atoms with E-state index in [2.05, 4.69) is 29.3 Å². The zero-order valence-corrected chi connectivity index (χ0v) is 12.0. The van der Waals surface area contributed by atoms with Crippen LogP contribution in [0.25, 0.3) is 0 Å². The molecule has 2 fully saturated rings. The average Bonchev–Trinajstić information content (AvgIpc) is 3.01. The molecule has 0 aromatic heterocycles. The standard InChI is InChI=1S/C16H22N2O2/c1-2-17-11-7-12-3-4-13(8-11)18(12)14-5-6-15-16(9-14)20-10-19-15/h5-6,9,11-13,17H,2-4,7-8,10H2,1H3. The van der Waals surface area contributed by atoms with E-state index in [1.54, 1.807) is 0 Å². The summed E-state index contributed by atoms with van der Waals surface area (Å²) in [4.78, 5) is 2.62. The number of nitrogens with zero attached hydrogens (tertiary/aromatic N) is 1. The number of nitrogens with one attached hydrogen (secondary N) is 1. The highest BCUT2D eigenvalue weighted by Gasteiger charge is 2.40. The fourth-order valence-electron chi connectivity index (χ4n) is 4.10. The normalized spacial score (nSPS) is 30.9. The highest BCUT2D eigenvalue weighted by molar-refractivity contribution is 5.59. The minimum atomic E-state index is 0.355. The second-order valence-electron chi connectivity index (χ2n) is 6.06. The van der Waals surface area contributed by atoms with Crippen molar-refractivity contribution in [2.24, 2.45) is 0 Å². The largest absolute Gasteiger partial charge is 0.454 e. The summed E-state index contributed by atoms with van der Waals surface area (Å²) in [6, 6.07) is 8.44. The summed E-state index contributed by atoms with van der Waals surface area (Å²) in [7, 11) is 0. The summed E-state index contributed by atoms with van der Waals surface area (Å²) < 4.78 is 10.9. The van der Waals surface area contributed by atoms with Gasteiger partial charge < -0.3 is 19.7 Å². The Morgan fingerprint density at radius 2 is 1.90 bits per heavy atom. The highest BCUT2D eigenvalue weighted by atomic mass is 16.7. The number of benzene rings is 1. The van der Waals surface area contributed by atoms with Crippen LogP contribution in [0.15, 0.2) is 18.2 Å². The van der Waals surface area contributed by atoms with Gasteiger partial charge in [-0.15, -0.1) is 0 Å². The molecule has 0 radical (unpaired) electrons. The zero-order valence-electron chi connectivity index (χ0n) is 12.0. The second-order valence-corrected chi connectivity index (χ2v) is 6.06. The third kappa shape index (κ3) is 1.94. The molecule has 1 N–H and O–H groups in total. The number of hydrogen-bond acceptors (Lipinski definition) is 4. The minimum Gasteiger partial charge on any atom is -0.454 e. The molecular formula is C16H22N2O2.